The molecule has 2 aliphatic heterocycles. The number of nitrogens with one attached hydrogen (secondary N) is 3. The van der Waals surface area contributed by atoms with E-state index >= 15 is 0 Å². The second-order valence-corrected chi connectivity index (χ2v) is 8.60. The Bertz CT molecular complexity index is 1180. The highest BCUT2D eigenvalue weighted by Crippen LogP contribution is 2.28. The summed E-state index contributed by atoms with van der Waals surface area (Å²) in [5, 5.41) is 10.8. The van der Waals surface area contributed by atoms with Crippen LogP contribution in [0, 0.1) is 0 Å². The number of carbonyl (C=O) groups excluding carboxylic acids is 6. The Hall–Kier alpha value is -4.33. The van der Waals surface area contributed by atoms with Crippen molar-refractivity contribution < 1.29 is 38.2 Å². The molecule has 1 unspecified atom stereocenters. The maximum atomic E-state index is 12.9. The lowest BCUT2D eigenvalue weighted by molar-refractivity contribution is -0.136. The van der Waals surface area contributed by atoms with Gasteiger partial charge in [0.1, 0.15) is 6.04 Å². The highest BCUT2D eigenvalue weighted by atomic mass is 16.5. The normalized spacial score (nSPS) is 16.4. The van der Waals surface area contributed by atoms with Crippen LogP contribution in [0.1, 0.15) is 56.8 Å². The van der Waals surface area contributed by atoms with E-state index in [0.29, 0.717) is 26.2 Å². The minimum Gasteiger partial charge on any atom is -0.377 e. The van der Waals surface area contributed by atoms with Crippen LogP contribution in [0.15, 0.2) is 23.3 Å². The third-order valence-electron chi connectivity index (χ3n) is 5.90. The highest BCUT2D eigenvalue weighted by Gasteiger charge is 2.44. The van der Waals surface area contributed by atoms with E-state index < -0.39 is 35.6 Å². The predicted octanol–water partition coefficient (Wildman–Crippen LogP) is 0.0575. The summed E-state index contributed by atoms with van der Waals surface area (Å²) < 4.78 is 10.7. The summed E-state index contributed by atoms with van der Waals surface area (Å²) in [5.74, 6) is -3.10. The third-order valence-corrected chi connectivity index (χ3v) is 5.90. The van der Waals surface area contributed by atoms with Gasteiger partial charge in [0.05, 0.1) is 37.6 Å². The summed E-state index contributed by atoms with van der Waals surface area (Å²) in [7, 11) is 0. The van der Waals surface area contributed by atoms with Crippen LogP contribution in [-0.2, 0) is 23.9 Å². The van der Waals surface area contributed by atoms with E-state index in [2.05, 4.69) is 26.0 Å². The van der Waals surface area contributed by atoms with Gasteiger partial charge >= 0.3 is 0 Å². The molecule has 1 aromatic rings. The highest BCUT2D eigenvalue weighted by molar-refractivity contribution is 6.24. The SMILES string of the molecule is [N-]=[N+]=NCCCC(=O)NCCOCCOCCNC(=O)c1ccc2c(c1)C(=O)N(C1CCC(=O)NC1=O)C2=O. The van der Waals surface area contributed by atoms with Gasteiger partial charge in [-0.3, -0.25) is 39.0 Å². The Kier molecular flexibility index (Phi) is 10.9. The van der Waals surface area contributed by atoms with Crippen LogP contribution < -0.4 is 16.0 Å². The molecule has 15 heteroatoms. The molecule has 1 atom stereocenters. The fourth-order valence-corrected chi connectivity index (χ4v) is 3.98. The summed E-state index contributed by atoms with van der Waals surface area (Å²) in [6, 6.07) is 3.02. The van der Waals surface area contributed by atoms with Gasteiger partial charge in [0, 0.05) is 43.0 Å². The number of nitrogens with zero attached hydrogens (tertiary/aromatic N) is 4. The van der Waals surface area contributed by atoms with Crippen molar-refractivity contribution in [3.63, 3.8) is 0 Å². The van der Waals surface area contributed by atoms with Crippen LogP contribution in [0.25, 0.3) is 10.4 Å². The summed E-state index contributed by atoms with van der Waals surface area (Å²) in [6.45, 7) is 1.91. The van der Waals surface area contributed by atoms with Crippen LogP contribution in [0.4, 0.5) is 0 Å². The van der Waals surface area contributed by atoms with Gasteiger partial charge in [-0.05, 0) is 36.6 Å². The number of azide groups is 1. The number of carbonyl (C=O) groups is 6. The average molecular weight is 544 g/mol. The molecule has 6 amide bonds. The fourth-order valence-electron chi connectivity index (χ4n) is 3.98. The molecule has 0 radical (unpaired) electrons. The topological polar surface area (TPSA) is 209 Å². The molecular weight excluding hydrogens is 514 g/mol. The van der Waals surface area contributed by atoms with Crippen molar-refractivity contribution in [1.29, 1.82) is 0 Å². The zero-order valence-electron chi connectivity index (χ0n) is 21.1. The van der Waals surface area contributed by atoms with Gasteiger partial charge in [0.15, 0.2) is 0 Å². The van der Waals surface area contributed by atoms with E-state index in [1.54, 1.807) is 0 Å². The first-order valence-electron chi connectivity index (χ1n) is 12.4. The number of benzene rings is 1. The Morgan fingerprint density at radius 2 is 1.72 bits per heavy atom. The van der Waals surface area contributed by atoms with E-state index in [1.165, 1.54) is 18.2 Å². The number of amides is 6. The third kappa shape index (κ3) is 8.07. The summed E-state index contributed by atoms with van der Waals surface area (Å²) in [4.78, 5) is 76.7. The molecule has 15 nitrogen and oxygen atoms in total. The molecule has 2 heterocycles. The fraction of sp³-hybridized carbons (Fsp3) is 0.500. The van der Waals surface area contributed by atoms with Crippen LogP contribution in [-0.4, -0.2) is 92.4 Å². The van der Waals surface area contributed by atoms with Gasteiger partial charge in [0.25, 0.3) is 17.7 Å². The molecule has 3 rings (SSSR count). The minimum atomic E-state index is -1.08. The second-order valence-electron chi connectivity index (χ2n) is 8.60. The molecule has 0 spiro atoms. The summed E-state index contributed by atoms with van der Waals surface area (Å²) in [5.41, 5.74) is 8.45. The van der Waals surface area contributed by atoms with E-state index in [9.17, 15) is 28.8 Å². The van der Waals surface area contributed by atoms with E-state index in [4.69, 9.17) is 15.0 Å². The lowest BCUT2D eigenvalue weighted by atomic mass is 10.0. The van der Waals surface area contributed by atoms with Gasteiger partial charge in [-0.15, -0.1) is 0 Å². The minimum absolute atomic E-state index is 0.0200. The number of ether oxygens (including phenoxy) is 2. The maximum Gasteiger partial charge on any atom is 0.262 e. The van der Waals surface area contributed by atoms with Gasteiger partial charge in [-0.2, -0.15) is 0 Å². The quantitative estimate of drug-likeness (QED) is 0.0903. The van der Waals surface area contributed by atoms with E-state index in [-0.39, 0.29) is 68.2 Å². The van der Waals surface area contributed by atoms with Crippen molar-refractivity contribution in [2.24, 2.45) is 5.11 Å². The maximum absolute atomic E-state index is 12.9. The van der Waals surface area contributed by atoms with Gasteiger partial charge in [-0.25, -0.2) is 0 Å². The molecule has 3 N–H and O–H groups in total. The van der Waals surface area contributed by atoms with Gasteiger partial charge < -0.3 is 20.1 Å². The molecule has 1 fully saturated rings. The molecule has 208 valence electrons. The number of piperidine rings is 1. The molecule has 1 aromatic carbocycles. The Balaban J connectivity index is 1.32. The molecule has 0 aromatic heterocycles. The van der Waals surface area contributed by atoms with Crippen LogP contribution in [0.3, 0.4) is 0 Å². The van der Waals surface area contributed by atoms with Gasteiger partial charge in [-0.1, -0.05) is 5.11 Å². The van der Waals surface area contributed by atoms with Crippen LogP contribution >= 0.6 is 0 Å². The predicted molar refractivity (Wildman–Crippen MR) is 133 cm³/mol. The van der Waals surface area contributed by atoms with Crippen molar-refractivity contribution in [3.05, 3.63) is 45.3 Å². The standard InChI is InChI=1S/C24H29N7O8/c25-30-28-7-1-2-19(32)26-8-10-38-12-13-39-11-9-27-21(34)15-3-4-16-17(14-15)24(37)31(23(16)36)18-5-6-20(33)29-22(18)35/h3-4,14,18H,1-2,5-13H2,(H,26,32)(H,27,34)(H,29,33,35). The Morgan fingerprint density at radius 3 is 2.41 bits per heavy atom. The number of imide groups is 2. The Labute approximate surface area is 223 Å². The van der Waals surface area contributed by atoms with Crippen molar-refractivity contribution >= 4 is 35.4 Å². The van der Waals surface area contributed by atoms with Crippen molar-refractivity contribution in [1.82, 2.24) is 20.9 Å². The first-order valence-corrected chi connectivity index (χ1v) is 12.4. The number of fused-ring (bicyclic) bond motifs is 1. The molecule has 39 heavy (non-hydrogen) atoms. The zero-order chi connectivity index (χ0) is 28.2. The molecule has 2 aliphatic rings. The average Bonchev–Trinajstić information content (AvgIpc) is 3.16. The van der Waals surface area contributed by atoms with Crippen molar-refractivity contribution in [2.45, 2.75) is 31.7 Å². The zero-order valence-corrected chi connectivity index (χ0v) is 21.1. The lowest BCUT2D eigenvalue weighted by Gasteiger charge is -2.27. The van der Waals surface area contributed by atoms with Crippen molar-refractivity contribution in [2.75, 3.05) is 46.1 Å². The molecule has 0 saturated carbocycles. The first-order chi connectivity index (χ1) is 18.8. The monoisotopic (exact) mass is 543 g/mol. The number of rotatable bonds is 15. The van der Waals surface area contributed by atoms with Crippen LogP contribution in [0.2, 0.25) is 0 Å². The number of hydrogen-bond donors (Lipinski definition) is 3. The van der Waals surface area contributed by atoms with E-state index in [1.807, 2.05) is 0 Å². The molecule has 0 bridgehead atoms. The molecular formula is C24H29N7O8. The first kappa shape index (κ1) is 29.2. The van der Waals surface area contributed by atoms with Crippen molar-refractivity contribution in [3.8, 4) is 0 Å². The summed E-state index contributed by atoms with van der Waals surface area (Å²) in [6.07, 6.45) is 0.821. The van der Waals surface area contributed by atoms with E-state index in [0.717, 1.165) is 4.90 Å². The van der Waals surface area contributed by atoms with Crippen LogP contribution in [0.5, 0.6) is 0 Å². The smallest absolute Gasteiger partial charge is 0.262 e. The van der Waals surface area contributed by atoms with Gasteiger partial charge in [0.2, 0.25) is 17.7 Å². The number of hydrogen-bond acceptors (Lipinski definition) is 9. The largest absolute Gasteiger partial charge is 0.377 e. The molecule has 0 aliphatic carbocycles. The summed E-state index contributed by atoms with van der Waals surface area (Å²) >= 11 is 0. The second kappa shape index (κ2) is 14.6. The lowest BCUT2D eigenvalue weighted by Crippen LogP contribution is -2.54. The molecule has 1 saturated heterocycles. The Morgan fingerprint density at radius 1 is 1.03 bits per heavy atom.